The van der Waals surface area contributed by atoms with Gasteiger partial charge in [-0.1, -0.05) is 30.0 Å². The van der Waals surface area contributed by atoms with Crippen LogP contribution >= 0.6 is 35.7 Å². The smallest absolute Gasteiger partial charge is 0.180 e. The Morgan fingerprint density at radius 1 is 1.47 bits per heavy atom. The van der Waals surface area contributed by atoms with Gasteiger partial charge in [0.15, 0.2) is 5.17 Å². The van der Waals surface area contributed by atoms with Gasteiger partial charge in [0.25, 0.3) is 0 Å². The number of rotatable bonds is 2. The first kappa shape index (κ1) is 14.4. The summed E-state index contributed by atoms with van der Waals surface area (Å²) in [7, 11) is 0. The Hall–Kier alpha value is -0.630. The Kier molecular flexibility index (Phi) is 7.31. The van der Waals surface area contributed by atoms with Gasteiger partial charge < -0.3 is 5.73 Å². The van der Waals surface area contributed by atoms with Crippen LogP contribution in [0.3, 0.4) is 0 Å². The zero-order chi connectivity index (χ0) is 10.4. The van der Waals surface area contributed by atoms with Crippen LogP contribution in [-0.4, -0.2) is 17.6 Å². The lowest BCUT2D eigenvalue weighted by molar-refractivity contribution is 0.626. The van der Waals surface area contributed by atoms with Gasteiger partial charge >= 0.3 is 0 Å². The largest absolute Gasteiger partial charge is 0.377 e. The topological polar surface area (TPSA) is 50.7 Å². The second-order valence-corrected chi connectivity index (χ2v) is 3.23. The number of nitrogens with two attached hydrogens (primary N) is 1. The summed E-state index contributed by atoms with van der Waals surface area (Å²) in [5.41, 5.74) is 5.77. The third kappa shape index (κ3) is 5.12. The Morgan fingerprint density at radius 2 is 2.13 bits per heavy atom. The molecule has 6 heteroatoms. The van der Waals surface area contributed by atoms with Crippen molar-refractivity contribution in [3.63, 3.8) is 0 Å². The second kappa shape index (κ2) is 7.63. The maximum Gasteiger partial charge on any atom is 0.180 e. The molecule has 0 radical (unpaired) electrons. The van der Waals surface area contributed by atoms with Gasteiger partial charge in [-0.2, -0.15) is 5.10 Å². The molecule has 1 rings (SSSR count). The summed E-state index contributed by atoms with van der Waals surface area (Å²) in [6.45, 7) is 0. The van der Waals surface area contributed by atoms with Crippen molar-refractivity contribution < 1.29 is 4.39 Å². The highest BCUT2D eigenvalue weighted by Crippen LogP contribution is 2.03. The molecule has 0 aromatic heterocycles. The van der Waals surface area contributed by atoms with Crippen LogP contribution in [-0.2, 0) is 0 Å². The lowest BCUT2D eigenvalue weighted by atomic mass is 10.2. The molecule has 0 fully saturated rings. The van der Waals surface area contributed by atoms with Crippen LogP contribution in [0.5, 0.6) is 0 Å². The van der Waals surface area contributed by atoms with E-state index in [1.807, 2.05) is 0 Å². The molecule has 15 heavy (non-hydrogen) atoms. The molecule has 0 aliphatic rings. The molecule has 1 aromatic rings. The van der Waals surface area contributed by atoms with E-state index in [9.17, 15) is 4.39 Å². The van der Waals surface area contributed by atoms with Crippen molar-refractivity contribution >= 4 is 47.1 Å². The van der Waals surface area contributed by atoms with E-state index in [0.29, 0.717) is 10.7 Å². The molecule has 0 bridgehead atoms. The van der Waals surface area contributed by atoms with Gasteiger partial charge in [0.05, 0.1) is 6.21 Å². The highest BCUT2D eigenvalue weighted by Gasteiger charge is 1.94. The number of amidine groups is 1. The van der Waals surface area contributed by atoms with Crippen LogP contribution < -0.4 is 5.73 Å². The molecule has 0 atom stereocenters. The number of thioether (sulfide) groups is 1. The van der Waals surface area contributed by atoms with E-state index < -0.39 is 0 Å². The van der Waals surface area contributed by atoms with Crippen molar-refractivity contribution in [1.29, 1.82) is 0 Å². The van der Waals surface area contributed by atoms with Gasteiger partial charge in [-0.3, -0.25) is 0 Å². The number of halogens is 2. The van der Waals surface area contributed by atoms with Crippen LogP contribution in [0.25, 0.3) is 0 Å². The summed E-state index contributed by atoms with van der Waals surface area (Å²) in [6, 6.07) is 6.32. The molecule has 0 saturated carbocycles. The van der Waals surface area contributed by atoms with Gasteiger partial charge in [-0.05, 0) is 12.3 Å². The van der Waals surface area contributed by atoms with Crippen LogP contribution in [0.2, 0.25) is 0 Å². The monoisotopic (exact) mass is 339 g/mol. The van der Waals surface area contributed by atoms with Crippen LogP contribution in [0.15, 0.2) is 34.5 Å². The summed E-state index contributed by atoms with van der Waals surface area (Å²) in [5, 5.41) is 7.63. The number of nitrogens with zero attached hydrogens (tertiary/aromatic N) is 2. The van der Waals surface area contributed by atoms with Crippen LogP contribution in [0, 0.1) is 5.82 Å². The van der Waals surface area contributed by atoms with Crippen molar-refractivity contribution in [2.75, 3.05) is 6.26 Å². The Bertz CT molecular complexity index is 368. The highest BCUT2D eigenvalue weighted by molar-refractivity contribution is 14.0. The number of hydrogen-bond acceptors (Lipinski definition) is 3. The average molecular weight is 339 g/mol. The zero-order valence-electron chi connectivity index (χ0n) is 8.05. The van der Waals surface area contributed by atoms with Crippen molar-refractivity contribution in [2.24, 2.45) is 15.9 Å². The molecule has 1 aromatic carbocycles. The number of hydrogen-bond donors (Lipinski definition) is 1. The highest BCUT2D eigenvalue weighted by atomic mass is 127. The minimum Gasteiger partial charge on any atom is -0.377 e. The predicted octanol–water partition coefficient (Wildman–Crippen LogP) is 2.46. The molecule has 3 nitrogen and oxygen atoms in total. The summed E-state index contributed by atoms with van der Waals surface area (Å²) in [5.74, 6) is -0.325. The molecule has 0 saturated heterocycles. The van der Waals surface area contributed by atoms with E-state index in [2.05, 4.69) is 10.2 Å². The first-order valence-electron chi connectivity index (χ1n) is 3.89. The van der Waals surface area contributed by atoms with E-state index in [1.54, 1.807) is 24.5 Å². The standard InChI is InChI=1S/C9H10FN3S.HI/c1-14-9(11)13-12-6-7-4-2-3-5-8(7)10;/h2-6H,1H3,(H2,11,13);1H. The van der Waals surface area contributed by atoms with E-state index in [1.165, 1.54) is 24.0 Å². The fraction of sp³-hybridized carbons (Fsp3) is 0.111. The van der Waals surface area contributed by atoms with Crippen molar-refractivity contribution in [3.05, 3.63) is 35.6 Å². The van der Waals surface area contributed by atoms with Crippen molar-refractivity contribution in [2.45, 2.75) is 0 Å². The summed E-state index contributed by atoms with van der Waals surface area (Å²) in [6.07, 6.45) is 3.12. The predicted molar refractivity (Wildman–Crippen MR) is 74.5 cm³/mol. The minimum atomic E-state index is -0.325. The molecular weight excluding hydrogens is 328 g/mol. The fourth-order valence-corrected chi connectivity index (χ4v) is 0.897. The second-order valence-electron chi connectivity index (χ2n) is 2.41. The van der Waals surface area contributed by atoms with E-state index in [-0.39, 0.29) is 29.8 Å². The van der Waals surface area contributed by atoms with E-state index in [4.69, 9.17) is 5.73 Å². The molecule has 2 N–H and O–H groups in total. The van der Waals surface area contributed by atoms with E-state index in [0.717, 1.165) is 0 Å². The molecule has 0 spiro atoms. The molecule has 0 aliphatic heterocycles. The Balaban J connectivity index is 0.00000196. The van der Waals surface area contributed by atoms with Gasteiger partial charge in [0.2, 0.25) is 0 Å². The number of benzene rings is 1. The normalized spacial score (nSPS) is 11.5. The first-order chi connectivity index (χ1) is 6.74. The fourth-order valence-electron chi connectivity index (χ4n) is 0.769. The van der Waals surface area contributed by atoms with Gasteiger partial charge in [-0.25, -0.2) is 4.39 Å². The Labute approximate surface area is 109 Å². The summed E-state index contributed by atoms with van der Waals surface area (Å²) < 4.78 is 13.0. The average Bonchev–Trinajstić information content (AvgIpc) is 2.20. The lowest BCUT2D eigenvalue weighted by Gasteiger charge is -1.92. The van der Waals surface area contributed by atoms with Crippen LogP contribution in [0.1, 0.15) is 5.56 Å². The Morgan fingerprint density at radius 3 is 2.73 bits per heavy atom. The van der Waals surface area contributed by atoms with Crippen LogP contribution in [0.4, 0.5) is 4.39 Å². The molecule has 0 amide bonds. The molecule has 0 heterocycles. The van der Waals surface area contributed by atoms with E-state index >= 15 is 0 Å². The zero-order valence-corrected chi connectivity index (χ0v) is 11.2. The molecular formula is C9H11FIN3S. The first-order valence-corrected chi connectivity index (χ1v) is 5.11. The van der Waals surface area contributed by atoms with Gasteiger partial charge in [0, 0.05) is 5.56 Å². The minimum absolute atomic E-state index is 0. The van der Waals surface area contributed by atoms with Gasteiger partial charge in [0.1, 0.15) is 5.82 Å². The maximum absolute atomic E-state index is 13.0. The third-order valence-electron chi connectivity index (χ3n) is 1.47. The van der Waals surface area contributed by atoms with Gasteiger partial charge in [-0.15, -0.1) is 29.1 Å². The lowest BCUT2D eigenvalue weighted by Crippen LogP contribution is -2.04. The molecule has 0 unspecified atom stereocenters. The quantitative estimate of drug-likeness (QED) is 0.389. The SMILES string of the molecule is CSC(N)=NN=Cc1ccccc1F.I. The van der Waals surface area contributed by atoms with Crippen molar-refractivity contribution in [3.8, 4) is 0 Å². The summed E-state index contributed by atoms with van der Waals surface area (Å²) in [4.78, 5) is 0. The maximum atomic E-state index is 13.0. The summed E-state index contributed by atoms with van der Waals surface area (Å²) >= 11 is 1.28. The third-order valence-corrected chi connectivity index (χ3v) is 1.97. The molecule has 0 aliphatic carbocycles. The molecule has 82 valence electrons. The van der Waals surface area contributed by atoms with Crippen molar-refractivity contribution in [1.82, 2.24) is 0 Å².